The van der Waals surface area contributed by atoms with Crippen LogP contribution in [-0.2, 0) is 19.0 Å². The number of carbonyl (C=O) groups excluding carboxylic acids is 1. The third-order valence-electron chi connectivity index (χ3n) is 16.2. The largest absolute Gasteiger partial charge is 0.390 e. The van der Waals surface area contributed by atoms with Crippen molar-refractivity contribution in [3.63, 3.8) is 0 Å². The highest BCUT2D eigenvalue weighted by atomic mass is 16.7. The zero-order valence-corrected chi connectivity index (χ0v) is 31.7. The van der Waals surface area contributed by atoms with E-state index in [1.165, 1.54) is 12.8 Å². The Balaban J connectivity index is 1.09. The number of hydrogen-bond donors (Lipinski definition) is 3. The minimum atomic E-state index is -1.26. The first kappa shape index (κ1) is 35.6. The normalized spacial score (nSPS) is 50.4. The molecule has 0 aromatic rings. The molecule has 2 saturated heterocycles. The van der Waals surface area contributed by atoms with E-state index in [1.54, 1.807) is 13.8 Å². The third kappa shape index (κ3) is 4.91. The highest BCUT2D eigenvalue weighted by molar-refractivity contribution is 5.76. The van der Waals surface area contributed by atoms with Gasteiger partial charge >= 0.3 is 0 Å². The molecule has 2 aliphatic heterocycles. The molecule has 1 amide bonds. The van der Waals surface area contributed by atoms with Crippen molar-refractivity contribution in [2.45, 2.75) is 169 Å². The summed E-state index contributed by atoms with van der Waals surface area (Å²) in [5, 5.41) is 34.1. The molecule has 8 nitrogen and oxygen atoms in total. The van der Waals surface area contributed by atoms with E-state index in [1.807, 2.05) is 4.90 Å². The second kappa shape index (κ2) is 11.1. The van der Waals surface area contributed by atoms with Gasteiger partial charge in [0.25, 0.3) is 0 Å². The van der Waals surface area contributed by atoms with E-state index < -0.39 is 23.9 Å². The molecule has 4 unspecified atom stereocenters. The number of hydrogen-bond acceptors (Lipinski definition) is 7. The Bertz CT molecular complexity index is 1270. The van der Waals surface area contributed by atoms with E-state index >= 15 is 0 Å². The molecule has 5 saturated carbocycles. The van der Waals surface area contributed by atoms with Crippen molar-refractivity contribution >= 4 is 5.91 Å². The highest BCUT2D eigenvalue weighted by Gasteiger charge is 2.84. The van der Waals surface area contributed by atoms with Crippen LogP contribution in [0.15, 0.2) is 0 Å². The van der Waals surface area contributed by atoms with Crippen LogP contribution in [0.5, 0.6) is 0 Å². The summed E-state index contributed by atoms with van der Waals surface area (Å²) in [5.41, 5.74) is -1.11. The summed E-state index contributed by atoms with van der Waals surface area (Å²) in [6.45, 7) is 23.3. The second-order valence-corrected chi connectivity index (χ2v) is 20.7. The Morgan fingerprint density at radius 1 is 1.00 bits per heavy atom. The maximum absolute atomic E-state index is 13.1. The summed E-state index contributed by atoms with van der Waals surface area (Å²) < 4.78 is 19.7. The van der Waals surface area contributed by atoms with Crippen molar-refractivity contribution < 1.29 is 34.3 Å². The number of ether oxygens (including phenoxy) is 3. The van der Waals surface area contributed by atoms with Crippen LogP contribution in [0.2, 0.25) is 0 Å². The number of amides is 1. The predicted octanol–water partition coefficient (Wildman–Crippen LogP) is 5.94. The van der Waals surface area contributed by atoms with Gasteiger partial charge in [0.2, 0.25) is 5.91 Å². The van der Waals surface area contributed by atoms with Gasteiger partial charge in [-0.3, -0.25) is 4.79 Å². The van der Waals surface area contributed by atoms with E-state index in [0.717, 1.165) is 32.1 Å². The first-order chi connectivity index (χ1) is 22.1. The summed E-state index contributed by atoms with van der Waals surface area (Å²) in [6, 6.07) is 0. The van der Waals surface area contributed by atoms with Gasteiger partial charge in [-0.15, -0.1) is 0 Å². The molecule has 3 N–H and O–H groups in total. The quantitative estimate of drug-likeness (QED) is 0.332. The molecule has 7 rings (SSSR count). The molecule has 0 radical (unpaired) electrons. The lowest BCUT2D eigenvalue weighted by molar-refractivity contribution is -0.248. The van der Waals surface area contributed by atoms with Gasteiger partial charge in [0, 0.05) is 18.4 Å². The highest BCUT2D eigenvalue weighted by Crippen LogP contribution is 2.89. The van der Waals surface area contributed by atoms with Crippen LogP contribution in [0.3, 0.4) is 0 Å². The number of rotatable bonds is 5. The molecular weight excluding hydrogens is 606 g/mol. The summed E-state index contributed by atoms with van der Waals surface area (Å²) >= 11 is 0. The van der Waals surface area contributed by atoms with Crippen molar-refractivity contribution in [2.75, 3.05) is 19.7 Å². The fourth-order valence-electron chi connectivity index (χ4n) is 13.9. The Labute approximate surface area is 290 Å². The molecule has 5 aliphatic carbocycles. The molecule has 0 aromatic heterocycles. The molecule has 0 aromatic carbocycles. The Morgan fingerprint density at radius 2 is 1.67 bits per heavy atom. The van der Waals surface area contributed by atoms with Crippen LogP contribution in [0.4, 0.5) is 0 Å². The maximum Gasteiger partial charge on any atom is 0.223 e. The zero-order chi connectivity index (χ0) is 35.0. The van der Waals surface area contributed by atoms with Crippen LogP contribution >= 0.6 is 0 Å². The fraction of sp³-hybridized carbons (Fsp3) is 0.975. The molecule has 2 spiro atoms. The lowest BCUT2D eigenvalue weighted by Gasteiger charge is -2.64. The van der Waals surface area contributed by atoms with Crippen molar-refractivity contribution in [1.82, 2.24) is 4.90 Å². The molecule has 8 heteroatoms. The van der Waals surface area contributed by atoms with E-state index in [2.05, 4.69) is 55.4 Å². The minimum absolute atomic E-state index is 0.0181. The number of fused-ring (bicyclic) bond motifs is 4. The molecule has 274 valence electrons. The van der Waals surface area contributed by atoms with E-state index in [4.69, 9.17) is 14.2 Å². The molecule has 0 bridgehead atoms. The minimum Gasteiger partial charge on any atom is -0.390 e. The lowest BCUT2D eigenvalue weighted by atomic mass is 9.41. The summed E-state index contributed by atoms with van der Waals surface area (Å²) in [6.07, 6.45) is 6.56. The van der Waals surface area contributed by atoms with Gasteiger partial charge in [0.1, 0.15) is 6.10 Å². The van der Waals surface area contributed by atoms with Gasteiger partial charge < -0.3 is 34.4 Å². The van der Waals surface area contributed by atoms with Crippen molar-refractivity contribution in [2.24, 2.45) is 56.2 Å². The SMILES string of the molecule is C[C@@H]1CC([C@H](O)C(C)(C)O)OC2[C@H]1[C@@]1(C)CC[C@@]34C[C@@]35CCC(O[C@H]3CN(C(=O)CC(C)(C)C)CCO3)C(C)(C)[C@@H]5CCC4[C@]1(C)[C@H]2O. The monoisotopic (exact) mass is 673 g/mol. The van der Waals surface area contributed by atoms with E-state index in [0.29, 0.717) is 50.3 Å². The molecule has 14 atom stereocenters. The maximum atomic E-state index is 13.1. The van der Waals surface area contributed by atoms with Crippen LogP contribution in [0.25, 0.3) is 0 Å². The van der Waals surface area contributed by atoms with E-state index in [9.17, 15) is 20.1 Å². The summed E-state index contributed by atoms with van der Waals surface area (Å²) in [7, 11) is 0. The number of aliphatic hydroxyl groups is 3. The van der Waals surface area contributed by atoms with Crippen molar-refractivity contribution in [3.8, 4) is 0 Å². The van der Waals surface area contributed by atoms with Crippen LogP contribution in [-0.4, -0.2) is 88.2 Å². The zero-order valence-electron chi connectivity index (χ0n) is 31.7. The third-order valence-corrected chi connectivity index (χ3v) is 16.2. The molecule has 7 fully saturated rings. The van der Waals surface area contributed by atoms with Gasteiger partial charge in [-0.05, 0) is 116 Å². The molecular formula is C40H67NO7. The van der Waals surface area contributed by atoms with Gasteiger partial charge in [-0.25, -0.2) is 0 Å². The smallest absolute Gasteiger partial charge is 0.223 e. The lowest BCUT2D eigenvalue weighted by Crippen LogP contribution is -2.60. The van der Waals surface area contributed by atoms with Gasteiger partial charge in [0.15, 0.2) is 6.29 Å². The standard InChI is InChI=1S/C40H67NO7/c1-23-19-24(32(43)36(7,8)45)47-31-30(23)37(9)15-16-40-22-39(40)14-13-27(35(5,6)25(39)11-12-26(40)38(37,10)33(31)44)48-29-21-41(17-18-46-29)28(42)20-34(2,3)4/h23-27,29-33,43-45H,11-22H2,1-10H3/t23-,24?,25+,26?,27?,29+,30+,31?,32+,33+,37-,38-,39-,40+/m1/s1. The van der Waals surface area contributed by atoms with Gasteiger partial charge in [-0.2, -0.15) is 0 Å². The van der Waals surface area contributed by atoms with Crippen LogP contribution in [0.1, 0.15) is 127 Å². The predicted molar refractivity (Wildman–Crippen MR) is 184 cm³/mol. The Kier molecular flexibility index (Phi) is 8.25. The Hall–Kier alpha value is -0.770. The summed E-state index contributed by atoms with van der Waals surface area (Å²) in [4.78, 5) is 15.0. The number of carbonyl (C=O) groups is 1. The van der Waals surface area contributed by atoms with Crippen molar-refractivity contribution in [1.29, 1.82) is 0 Å². The Morgan fingerprint density at radius 3 is 2.33 bits per heavy atom. The molecule has 7 aliphatic rings. The van der Waals surface area contributed by atoms with E-state index in [-0.39, 0.29) is 62.8 Å². The number of nitrogens with zero attached hydrogens (tertiary/aromatic N) is 1. The van der Waals surface area contributed by atoms with Crippen LogP contribution < -0.4 is 0 Å². The average Bonchev–Trinajstić information content (AvgIpc) is 3.61. The fourth-order valence-corrected chi connectivity index (χ4v) is 13.9. The number of morpholine rings is 1. The first-order valence-electron chi connectivity index (χ1n) is 19.4. The topological polar surface area (TPSA) is 109 Å². The van der Waals surface area contributed by atoms with Crippen molar-refractivity contribution in [3.05, 3.63) is 0 Å². The van der Waals surface area contributed by atoms with Gasteiger partial charge in [-0.1, -0.05) is 55.4 Å². The summed E-state index contributed by atoms with van der Waals surface area (Å²) in [5.74, 6) is 1.70. The average molecular weight is 674 g/mol. The molecule has 48 heavy (non-hydrogen) atoms. The number of aliphatic hydroxyl groups excluding tert-OH is 2. The first-order valence-corrected chi connectivity index (χ1v) is 19.4. The van der Waals surface area contributed by atoms with Gasteiger partial charge in [0.05, 0.1) is 43.2 Å². The molecule has 2 heterocycles. The second-order valence-electron chi connectivity index (χ2n) is 20.7. The van der Waals surface area contributed by atoms with Crippen LogP contribution in [0, 0.1) is 56.2 Å².